The molecule has 1 atom stereocenters. The number of carboxylic acids is 1. The fraction of sp³-hybridized carbons (Fsp3) is 0.889. The molecule has 1 saturated carbocycles. The zero-order valence-electron chi connectivity index (χ0n) is 8.05. The fourth-order valence-electron chi connectivity index (χ4n) is 1.69. The lowest BCUT2D eigenvalue weighted by Crippen LogP contribution is -2.42. The number of hydrogen-bond acceptors (Lipinski definition) is 2. The van der Waals surface area contributed by atoms with Gasteiger partial charge in [-0.25, -0.2) is 0 Å². The van der Waals surface area contributed by atoms with Crippen LogP contribution in [-0.4, -0.2) is 28.6 Å². The Morgan fingerprint density at radius 3 is 2.38 bits per heavy atom. The third kappa shape index (κ3) is 4.24. The van der Waals surface area contributed by atoms with Gasteiger partial charge in [0.1, 0.15) is 6.04 Å². The summed E-state index contributed by atoms with van der Waals surface area (Å²) in [4.78, 5) is 10.5. The highest BCUT2D eigenvalue weighted by atomic mass is 16.4. The van der Waals surface area contributed by atoms with Crippen molar-refractivity contribution in [2.75, 3.05) is 0 Å². The molecule has 0 aromatic rings. The largest absolute Gasteiger partial charge is 0.480 e. The van der Waals surface area contributed by atoms with Crippen LogP contribution in [0.25, 0.3) is 0 Å². The Labute approximate surface area is 78.6 Å². The highest BCUT2D eigenvalue weighted by Gasteiger charge is 2.18. The highest BCUT2D eigenvalue weighted by molar-refractivity contribution is 5.72. The summed E-state index contributed by atoms with van der Waals surface area (Å²) in [5.41, 5.74) is 0. The summed E-state index contributed by atoms with van der Waals surface area (Å²) < 4.78 is 0. The van der Waals surface area contributed by atoms with Crippen molar-refractivity contribution in [2.45, 2.75) is 51.1 Å². The van der Waals surface area contributed by atoms with E-state index in [1.807, 2.05) is 0 Å². The van der Waals surface area contributed by atoms with Gasteiger partial charge in [0, 0.05) is 6.04 Å². The summed E-state index contributed by atoms with van der Waals surface area (Å²) in [6.07, 6.45) is 6.06. The van der Waals surface area contributed by atoms with Gasteiger partial charge in [0.2, 0.25) is 0 Å². The molecule has 0 radical (unpaired) electrons. The standard InChI is InChI=1S/C9H17NO2.H2O/c1-7(9(11)12)10-8-5-3-2-4-6-8;/h7-8,10H,2-6H2,1H3,(H,11,12);1H2/t7-;/m0./s1. The molecule has 4 heteroatoms. The molecule has 0 bridgehead atoms. The molecule has 0 saturated heterocycles. The normalized spacial score (nSPS) is 20.4. The fourth-order valence-corrected chi connectivity index (χ4v) is 1.69. The van der Waals surface area contributed by atoms with E-state index in [4.69, 9.17) is 5.11 Å². The number of carbonyl (C=O) groups is 1. The van der Waals surface area contributed by atoms with E-state index in [1.165, 1.54) is 19.3 Å². The Morgan fingerprint density at radius 1 is 1.38 bits per heavy atom. The van der Waals surface area contributed by atoms with Crippen molar-refractivity contribution in [2.24, 2.45) is 0 Å². The summed E-state index contributed by atoms with van der Waals surface area (Å²) in [6, 6.07) is 0.0398. The van der Waals surface area contributed by atoms with E-state index < -0.39 is 12.0 Å². The van der Waals surface area contributed by atoms with Crippen LogP contribution in [0.4, 0.5) is 0 Å². The van der Waals surface area contributed by atoms with Gasteiger partial charge < -0.3 is 15.9 Å². The highest BCUT2D eigenvalue weighted by Crippen LogP contribution is 2.17. The molecule has 0 aromatic carbocycles. The Balaban J connectivity index is 0.00000144. The summed E-state index contributed by atoms with van der Waals surface area (Å²) in [6.45, 7) is 1.71. The average Bonchev–Trinajstić information content (AvgIpc) is 2.06. The number of hydrogen-bond donors (Lipinski definition) is 2. The van der Waals surface area contributed by atoms with Crippen LogP contribution in [0, 0.1) is 0 Å². The second-order valence-corrected chi connectivity index (χ2v) is 3.56. The first-order valence-electron chi connectivity index (χ1n) is 4.69. The van der Waals surface area contributed by atoms with Crippen molar-refractivity contribution in [3.05, 3.63) is 0 Å². The van der Waals surface area contributed by atoms with Crippen LogP contribution in [0.3, 0.4) is 0 Å². The van der Waals surface area contributed by atoms with Crippen LogP contribution >= 0.6 is 0 Å². The van der Waals surface area contributed by atoms with Crippen molar-refractivity contribution >= 4 is 5.97 Å². The van der Waals surface area contributed by atoms with Gasteiger partial charge in [-0.15, -0.1) is 0 Å². The lowest BCUT2D eigenvalue weighted by molar-refractivity contribution is -0.139. The van der Waals surface area contributed by atoms with Gasteiger partial charge in [0.05, 0.1) is 0 Å². The Kier molecular flexibility index (Phi) is 5.66. The van der Waals surface area contributed by atoms with Gasteiger partial charge in [-0.2, -0.15) is 0 Å². The van der Waals surface area contributed by atoms with E-state index >= 15 is 0 Å². The number of aliphatic carboxylic acids is 1. The van der Waals surface area contributed by atoms with Crippen LogP contribution in [0.5, 0.6) is 0 Å². The molecule has 0 heterocycles. The minimum atomic E-state index is -0.749. The molecule has 0 aliphatic heterocycles. The van der Waals surface area contributed by atoms with Gasteiger partial charge >= 0.3 is 5.97 Å². The first-order valence-corrected chi connectivity index (χ1v) is 4.69. The Hall–Kier alpha value is -0.610. The molecule has 4 nitrogen and oxygen atoms in total. The molecular weight excluding hydrogens is 170 g/mol. The number of rotatable bonds is 3. The van der Waals surface area contributed by atoms with Crippen molar-refractivity contribution in [1.82, 2.24) is 5.32 Å². The predicted molar refractivity (Wildman–Crippen MR) is 50.7 cm³/mol. The first-order chi connectivity index (χ1) is 5.70. The summed E-state index contributed by atoms with van der Waals surface area (Å²) in [5.74, 6) is -0.749. The van der Waals surface area contributed by atoms with Gasteiger partial charge in [0.15, 0.2) is 0 Å². The Morgan fingerprint density at radius 2 is 1.92 bits per heavy atom. The molecule has 78 valence electrons. The lowest BCUT2D eigenvalue weighted by atomic mass is 9.95. The third-order valence-electron chi connectivity index (χ3n) is 2.46. The first kappa shape index (κ1) is 12.4. The maximum absolute atomic E-state index is 10.5. The van der Waals surface area contributed by atoms with E-state index in [9.17, 15) is 4.79 Å². The Bertz CT molecular complexity index is 155. The van der Waals surface area contributed by atoms with E-state index in [0.717, 1.165) is 12.8 Å². The topological polar surface area (TPSA) is 80.8 Å². The second kappa shape index (κ2) is 5.94. The van der Waals surface area contributed by atoms with Crippen LogP contribution in [0.2, 0.25) is 0 Å². The van der Waals surface area contributed by atoms with Crippen LogP contribution in [0.15, 0.2) is 0 Å². The summed E-state index contributed by atoms with van der Waals surface area (Å²) in [7, 11) is 0. The molecule has 1 aliphatic rings. The van der Waals surface area contributed by atoms with Crippen molar-refractivity contribution in [3.8, 4) is 0 Å². The van der Waals surface area contributed by atoms with Crippen molar-refractivity contribution < 1.29 is 15.4 Å². The molecule has 0 spiro atoms. The predicted octanol–water partition coefficient (Wildman–Crippen LogP) is 0.557. The van der Waals surface area contributed by atoms with Crippen molar-refractivity contribution in [1.29, 1.82) is 0 Å². The zero-order valence-corrected chi connectivity index (χ0v) is 8.05. The SMILES string of the molecule is C[C@H](NC1CCCCC1)C(=O)O.O. The summed E-state index contributed by atoms with van der Waals surface area (Å²) >= 11 is 0. The third-order valence-corrected chi connectivity index (χ3v) is 2.46. The quantitative estimate of drug-likeness (QED) is 0.680. The molecule has 0 aromatic heterocycles. The van der Waals surface area contributed by atoms with Crippen LogP contribution in [-0.2, 0) is 4.79 Å². The molecule has 13 heavy (non-hydrogen) atoms. The molecule has 1 fully saturated rings. The zero-order chi connectivity index (χ0) is 8.97. The maximum Gasteiger partial charge on any atom is 0.320 e. The second-order valence-electron chi connectivity index (χ2n) is 3.56. The molecular formula is C9H19NO3. The molecule has 1 rings (SSSR count). The molecule has 0 unspecified atom stereocenters. The smallest absolute Gasteiger partial charge is 0.320 e. The molecule has 4 N–H and O–H groups in total. The number of nitrogens with one attached hydrogen (secondary N) is 1. The van der Waals surface area contributed by atoms with Gasteiger partial charge in [-0.3, -0.25) is 4.79 Å². The summed E-state index contributed by atoms with van der Waals surface area (Å²) in [5, 5.41) is 11.8. The van der Waals surface area contributed by atoms with Gasteiger partial charge in [-0.05, 0) is 19.8 Å². The van der Waals surface area contributed by atoms with E-state index in [1.54, 1.807) is 6.92 Å². The maximum atomic E-state index is 10.5. The van der Waals surface area contributed by atoms with Crippen molar-refractivity contribution in [3.63, 3.8) is 0 Å². The number of carboxylic acid groups (broad SMARTS) is 1. The van der Waals surface area contributed by atoms with Crippen LogP contribution < -0.4 is 5.32 Å². The molecule has 1 aliphatic carbocycles. The minimum absolute atomic E-state index is 0. The van der Waals surface area contributed by atoms with E-state index in [-0.39, 0.29) is 5.48 Å². The minimum Gasteiger partial charge on any atom is -0.480 e. The monoisotopic (exact) mass is 189 g/mol. The molecule has 0 amide bonds. The van der Waals surface area contributed by atoms with Crippen LogP contribution in [0.1, 0.15) is 39.0 Å². The van der Waals surface area contributed by atoms with E-state index in [0.29, 0.717) is 6.04 Å². The average molecular weight is 189 g/mol. The lowest BCUT2D eigenvalue weighted by Gasteiger charge is -2.24. The van der Waals surface area contributed by atoms with Gasteiger partial charge in [-0.1, -0.05) is 19.3 Å². The van der Waals surface area contributed by atoms with Gasteiger partial charge in [0.25, 0.3) is 0 Å². The van der Waals surface area contributed by atoms with E-state index in [2.05, 4.69) is 5.32 Å².